The molecule has 0 bridgehead atoms. The summed E-state index contributed by atoms with van der Waals surface area (Å²) in [5, 5.41) is 0. The van der Waals surface area contributed by atoms with E-state index < -0.39 is 19.9 Å². The molecule has 16 heavy (non-hydrogen) atoms. The first kappa shape index (κ1) is 13.1. The fourth-order valence-corrected chi connectivity index (χ4v) is 2.81. The van der Waals surface area contributed by atoms with Crippen molar-refractivity contribution in [2.75, 3.05) is 12.8 Å². The summed E-state index contributed by atoms with van der Waals surface area (Å²) in [6.07, 6.45) is 1.07. The Hall–Kier alpha value is -0.920. The quantitative estimate of drug-likeness (QED) is 0.852. The molecule has 1 aromatic carbocycles. The predicted octanol–water partition coefficient (Wildman–Crippen LogP) is 0.388. The lowest BCUT2D eigenvalue weighted by atomic mass is 10.4. The number of benzene rings is 1. The third-order valence-corrected chi connectivity index (χ3v) is 4.59. The molecule has 0 atom stereocenters. The molecule has 90 valence electrons. The summed E-state index contributed by atoms with van der Waals surface area (Å²) in [5.74, 6) is 0. The summed E-state index contributed by atoms with van der Waals surface area (Å²) < 4.78 is 47.7. The average Bonchev–Trinajstić information content (AvgIpc) is 2.16. The Morgan fingerprint density at radius 3 is 1.81 bits per heavy atom. The second kappa shape index (κ2) is 4.52. The lowest BCUT2D eigenvalue weighted by molar-refractivity contribution is 0.583. The molecular weight excluding hydrogens is 250 g/mol. The van der Waals surface area contributed by atoms with Gasteiger partial charge in [-0.2, -0.15) is 0 Å². The minimum atomic E-state index is -3.52. The third-order valence-electron chi connectivity index (χ3n) is 1.90. The number of hydrogen-bond donors (Lipinski definition) is 1. The van der Waals surface area contributed by atoms with Crippen molar-refractivity contribution >= 4 is 19.9 Å². The summed E-state index contributed by atoms with van der Waals surface area (Å²) >= 11 is 0. The third kappa shape index (κ3) is 3.03. The van der Waals surface area contributed by atoms with Crippen LogP contribution in [0, 0.1) is 0 Å². The molecule has 1 rings (SSSR count). The smallest absolute Gasteiger partial charge is 0.224 e. The molecule has 1 aromatic rings. The fraction of sp³-hybridized carbons (Fsp3) is 0.333. The zero-order chi connectivity index (χ0) is 12.4. The summed E-state index contributed by atoms with van der Waals surface area (Å²) in [6.45, 7) is 1.96. The van der Waals surface area contributed by atoms with Gasteiger partial charge in [-0.05, 0) is 24.3 Å². The Morgan fingerprint density at radius 1 is 1.00 bits per heavy atom. The molecule has 0 saturated carbocycles. The van der Waals surface area contributed by atoms with Crippen molar-refractivity contribution in [3.05, 3.63) is 24.3 Å². The number of sulfonamides is 1. The van der Waals surface area contributed by atoms with Crippen molar-refractivity contribution in [3.63, 3.8) is 0 Å². The molecule has 0 radical (unpaired) electrons. The molecule has 0 spiro atoms. The van der Waals surface area contributed by atoms with E-state index in [1.807, 2.05) is 0 Å². The predicted molar refractivity (Wildman–Crippen MR) is 60.4 cm³/mol. The maximum absolute atomic E-state index is 11.5. The zero-order valence-electron chi connectivity index (χ0n) is 8.97. The van der Waals surface area contributed by atoms with Gasteiger partial charge in [-0.3, -0.25) is 0 Å². The van der Waals surface area contributed by atoms with Gasteiger partial charge in [0.1, 0.15) is 0 Å². The van der Waals surface area contributed by atoms with Crippen LogP contribution < -0.4 is 4.72 Å². The monoisotopic (exact) mass is 263 g/mol. The van der Waals surface area contributed by atoms with Gasteiger partial charge in [-0.25, -0.2) is 21.6 Å². The van der Waals surface area contributed by atoms with Crippen molar-refractivity contribution < 1.29 is 16.8 Å². The van der Waals surface area contributed by atoms with Crippen molar-refractivity contribution in [3.8, 4) is 0 Å². The molecule has 5 nitrogen and oxygen atoms in total. The lowest BCUT2D eigenvalue weighted by Gasteiger charge is -2.04. The highest BCUT2D eigenvalue weighted by atomic mass is 32.2. The van der Waals surface area contributed by atoms with Crippen LogP contribution in [-0.2, 0) is 19.9 Å². The van der Waals surface area contributed by atoms with E-state index in [2.05, 4.69) is 4.72 Å². The van der Waals surface area contributed by atoms with Gasteiger partial charge in [0.15, 0.2) is 9.84 Å². The van der Waals surface area contributed by atoms with Gasteiger partial charge in [-0.15, -0.1) is 0 Å². The maximum Gasteiger partial charge on any atom is 0.240 e. The normalized spacial score (nSPS) is 12.6. The molecule has 0 unspecified atom stereocenters. The van der Waals surface area contributed by atoms with Crippen LogP contribution >= 0.6 is 0 Å². The Labute approximate surface area is 95.5 Å². The van der Waals surface area contributed by atoms with E-state index in [4.69, 9.17) is 0 Å². The van der Waals surface area contributed by atoms with Gasteiger partial charge >= 0.3 is 0 Å². The Morgan fingerprint density at radius 2 is 1.44 bits per heavy atom. The van der Waals surface area contributed by atoms with Crippen LogP contribution in [0.1, 0.15) is 6.92 Å². The standard InChI is InChI=1S/C9H13NO4S2/c1-3-10-16(13,14)9-6-4-8(5-7-9)15(2,11)12/h4-7,10H,3H2,1-2H3. The zero-order valence-corrected chi connectivity index (χ0v) is 10.6. The topological polar surface area (TPSA) is 80.3 Å². The summed E-state index contributed by atoms with van der Waals surface area (Å²) in [6, 6.07) is 5.10. The summed E-state index contributed by atoms with van der Waals surface area (Å²) in [7, 11) is -6.81. The second-order valence-corrected chi connectivity index (χ2v) is 7.03. The Bertz CT molecular complexity index is 558. The number of nitrogens with one attached hydrogen (secondary N) is 1. The van der Waals surface area contributed by atoms with Crippen LogP contribution in [0.15, 0.2) is 34.1 Å². The molecule has 0 aromatic heterocycles. The molecule has 0 aliphatic rings. The molecule has 1 N–H and O–H groups in total. The largest absolute Gasteiger partial charge is 0.240 e. The lowest BCUT2D eigenvalue weighted by Crippen LogP contribution is -2.23. The van der Waals surface area contributed by atoms with Gasteiger partial charge in [0, 0.05) is 12.8 Å². The van der Waals surface area contributed by atoms with Crippen LogP contribution in [0.4, 0.5) is 0 Å². The van der Waals surface area contributed by atoms with Crippen LogP contribution in [0.5, 0.6) is 0 Å². The minimum absolute atomic E-state index is 0.0572. The molecule has 0 fully saturated rings. The van der Waals surface area contributed by atoms with Crippen molar-refractivity contribution in [1.82, 2.24) is 4.72 Å². The highest BCUT2D eigenvalue weighted by Crippen LogP contribution is 2.13. The van der Waals surface area contributed by atoms with Gasteiger partial charge in [0.2, 0.25) is 10.0 Å². The van der Waals surface area contributed by atoms with Gasteiger partial charge in [0.05, 0.1) is 9.79 Å². The molecule has 0 aliphatic carbocycles. The van der Waals surface area contributed by atoms with Gasteiger partial charge in [-0.1, -0.05) is 6.92 Å². The van der Waals surface area contributed by atoms with E-state index in [1.54, 1.807) is 6.92 Å². The van der Waals surface area contributed by atoms with E-state index in [9.17, 15) is 16.8 Å². The van der Waals surface area contributed by atoms with E-state index in [0.717, 1.165) is 6.26 Å². The minimum Gasteiger partial charge on any atom is -0.224 e. The summed E-state index contributed by atoms with van der Waals surface area (Å²) in [5.41, 5.74) is 0. The van der Waals surface area contributed by atoms with Gasteiger partial charge < -0.3 is 0 Å². The second-order valence-electron chi connectivity index (χ2n) is 3.24. The first-order valence-electron chi connectivity index (χ1n) is 4.57. The van der Waals surface area contributed by atoms with E-state index in [1.165, 1.54) is 24.3 Å². The Kier molecular flexibility index (Phi) is 3.72. The van der Waals surface area contributed by atoms with E-state index in [0.29, 0.717) is 0 Å². The van der Waals surface area contributed by atoms with Crippen molar-refractivity contribution in [1.29, 1.82) is 0 Å². The molecule has 7 heteroatoms. The van der Waals surface area contributed by atoms with E-state index >= 15 is 0 Å². The Balaban J connectivity index is 3.15. The highest BCUT2D eigenvalue weighted by Gasteiger charge is 2.13. The SMILES string of the molecule is CCNS(=O)(=O)c1ccc(S(C)(=O)=O)cc1. The number of hydrogen-bond acceptors (Lipinski definition) is 4. The van der Waals surface area contributed by atoms with Crippen molar-refractivity contribution in [2.24, 2.45) is 0 Å². The first-order valence-corrected chi connectivity index (χ1v) is 7.94. The first-order chi connectivity index (χ1) is 7.27. The van der Waals surface area contributed by atoms with Crippen LogP contribution in [0.2, 0.25) is 0 Å². The van der Waals surface area contributed by atoms with Crippen LogP contribution in [-0.4, -0.2) is 29.6 Å². The van der Waals surface area contributed by atoms with Gasteiger partial charge in [0.25, 0.3) is 0 Å². The molecule has 0 aliphatic heterocycles. The number of sulfone groups is 1. The number of rotatable bonds is 4. The summed E-state index contributed by atoms with van der Waals surface area (Å²) in [4.78, 5) is 0.157. The fourth-order valence-electron chi connectivity index (χ4n) is 1.14. The average molecular weight is 263 g/mol. The van der Waals surface area contributed by atoms with Crippen molar-refractivity contribution in [2.45, 2.75) is 16.7 Å². The molecule has 0 heterocycles. The molecule has 0 saturated heterocycles. The van der Waals surface area contributed by atoms with Crippen LogP contribution in [0.3, 0.4) is 0 Å². The molecular formula is C9H13NO4S2. The van der Waals surface area contributed by atoms with Crippen LogP contribution in [0.25, 0.3) is 0 Å². The maximum atomic E-state index is 11.5. The van der Waals surface area contributed by atoms with E-state index in [-0.39, 0.29) is 16.3 Å². The highest BCUT2D eigenvalue weighted by molar-refractivity contribution is 7.90. The molecule has 0 amide bonds.